The number of imidazole rings is 1. The molecular formula is C22H24N4O2. The van der Waals surface area contributed by atoms with Gasteiger partial charge in [0.2, 0.25) is 0 Å². The zero-order valence-corrected chi connectivity index (χ0v) is 15.8. The largest absolute Gasteiger partial charge is 0.342 e. The van der Waals surface area contributed by atoms with Crippen LogP contribution in [0.2, 0.25) is 0 Å². The number of hydrogen-bond donors (Lipinski definition) is 2. The second-order valence-corrected chi connectivity index (χ2v) is 7.95. The number of aryl methyl sites for hydroxylation is 2. The summed E-state index contributed by atoms with van der Waals surface area (Å²) < 4.78 is 0. The Morgan fingerprint density at radius 1 is 1.11 bits per heavy atom. The number of hydrogen-bond acceptors (Lipinski definition) is 3. The molecule has 2 N–H and O–H groups in total. The molecule has 0 unspecified atom stereocenters. The van der Waals surface area contributed by atoms with E-state index in [1.165, 1.54) is 0 Å². The van der Waals surface area contributed by atoms with Crippen molar-refractivity contribution < 1.29 is 4.79 Å². The van der Waals surface area contributed by atoms with Crippen molar-refractivity contribution in [1.82, 2.24) is 19.9 Å². The Bertz CT molecular complexity index is 1060. The van der Waals surface area contributed by atoms with Crippen LogP contribution in [0.15, 0.2) is 35.1 Å². The molecular weight excluding hydrogens is 352 g/mol. The van der Waals surface area contributed by atoms with E-state index in [9.17, 15) is 9.59 Å². The van der Waals surface area contributed by atoms with Crippen molar-refractivity contribution >= 4 is 16.9 Å². The maximum atomic E-state index is 13.1. The molecule has 2 aromatic heterocycles. The van der Waals surface area contributed by atoms with Crippen molar-refractivity contribution in [1.29, 1.82) is 0 Å². The lowest BCUT2D eigenvalue weighted by atomic mass is 9.94. The number of nitrogens with zero attached hydrogens (tertiary/aromatic N) is 2. The quantitative estimate of drug-likeness (QED) is 0.721. The highest BCUT2D eigenvalue weighted by Gasteiger charge is 2.29. The number of benzene rings is 1. The first-order chi connectivity index (χ1) is 13.7. The lowest BCUT2D eigenvalue weighted by molar-refractivity contribution is 0.0703. The van der Waals surface area contributed by atoms with Gasteiger partial charge < -0.3 is 14.9 Å². The number of piperidine rings is 1. The van der Waals surface area contributed by atoms with Crippen molar-refractivity contribution in [3.63, 3.8) is 0 Å². The van der Waals surface area contributed by atoms with Gasteiger partial charge in [-0.1, -0.05) is 12.1 Å². The van der Waals surface area contributed by atoms with Crippen LogP contribution in [0.5, 0.6) is 0 Å². The first-order valence-electron chi connectivity index (χ1n) is 10.2. The summed E-state index contributed by atoms with van der Waals surface area (Å²) in [5.41, 5.74) is 4.13. The van der Waals surface area contributed by atoms with E-state index in [1.54, 1.807) is 0 Å². The molecule has 3 heterocycles. The van der Waals surface area contributed by atoms with Crippen molar-refractivity contribution in [3.8, 4) is 0 Å². The molecule has 1 aliphatic carbocycles. The van der Waals surface area contributed by atoms with Gasteiger partial charge >= 0.3 is 0 Å². The van der Waals surface area contributed by atoms with E-state index in [2.05, 4.69) is 9.97 Å². The SMILES string of the molecule is O=C(c1cc2c([nH]c1=O)CCCC2)N1CCC[C@@H](c2nc3ccccc3[nH]2)C1. The average Bonchev–Trinajstić information content (AvgIpc) is 3.17. The Kier molecular flexibility index (Phi) is 4.26. The van der Waals surface area contributed by atoms with Crippen LogP contribution in [0.1, 0.15) is 59.0 Å². The first kappa shape index (κ1) is 17.2. The Hall–Kier alpha value is -2.89. The Morgan fingerprint density at radius 2 is 1.96 bits per heavy atom. The minimum atomic E-state index is -0.253. The molecule has 0 bridgehead atoms. The van der Waals surface area contributed by atoms with E-state index in [4.69, 9.17) is 4.98 Å². The second kappa shape index (κ2) is 6.93. The number of H-pyrrole nitrogens is 2. The van der Waals surface area contributed by atoms with Crippen LogP contribution in [0.4, 0.5) is 0 Å². The lowest BCUT2D eigenvalue weighted by Gasteiger charge is -2.32. The molecule has 6 nitrogen and oxygen atoms in total. The maximum absolute atomic E-state index is 13.1. The van der Waals surface area contributed by atoms with Crippen molar-refractivity contribution in [2.24, 2.45) is 0 Å². The number of likely N-dealkylation sites (tertiary alicyclic amines) is 1. The lowest BCUT2D eigenvalue weighted by Crippen LogP contribution is -2.41. The smallest absolute Gasteiger partial charge is 0.261 e. The maximum Gasteiger partial charge on any atom is 0.261 e. The highest BCUT2D eigenvalue weighted by atomic mass is 16.2. The van der Waals surface area contributed by atoms with E-state index < -0.39 is 0 Å². The predicted octanol–water partition coefficient (Wildman–Crippen LogP) is 3.15. The molecule has 0 radical (unpaired) electrons. The first-order valence-corrected chi connectivity index (χ1v) is 10.2. The van der Waals surface area contributed by atoms with E-state index in [-0.39, 0.29) is 22.9 Å². The highest BCUT2D eigenvalue weighted by Crippen LogP contribution is 2.28. The number of pyridine rings is 1. The third-order valence-electron chi connectivity index (χ3n) is 6.07. The standard InChI is InChI=1S/C22H24N4O2/c27-21-16(12-14-6-1-2-8-17(14)25-21)22(28)26-11-5-7-15(13-26)20-23-18-9-3-4-10-19(18)24-20/h3-4,9-10,12,15H,1-2,5-8,11,13H2,(H,23,24)(H,25,27)/t15-/m1/s1. The number of carbonyl (C=O) groups is 1. The van der Waals surface area contributed by atoms with E-state index in [1.807, 2.05) is 35.2 Å². The summed E-state index contributed by atoms with van der Waals surface area (Å²) in [6.45, 7) is 1.28. The summed E-state index contributed by atoms with van der Waals surface area (Å²) in [5, 5.41) is 0. The summed E-state index contributed by atoms with van der Waals surface area (Å²) >= 11 is 0. The number of aromatic amines is 2. The summed E-state index contributed by atoms with van der Waals surface area (Å²) in [6, 6.07) is 9.81. The van der Waals surface area contributed by atoms with Gasteiger partial charge in [0.25, 0.3) is 11.5 Å². The van der Waals surface area contributed by atoms with Crippen LogP contribution in [0, 0.1) is 0 Å². The Labute approximate surface area is 163 Å². The summed E-state index contributed by atoms with van der Waals surface area (Å²) in [6.07, 6.45) is 5.96. The molecule has 1 aromatic carbocycles. The topological polar surface area (TPSA) is 81.8 Å². The van der Waals surface area contributed by atoms with Gasteiger partial charge in [-0.05, 0) is 62.3 Å². The zero-order chi connectivity index (χ0) is 19.1. The van der Waals surface area contributed by atoms with Crippen LogP contribution >= 0.6 is 0 Å². The third-order valence-corrected chi connectivity index (χ3v) is 6.07. The molecule has 1 fully saturated rings. The van der Waals surface area contributed by atoms with Crippen LogP contribution in [-0.2, 0) is 12.8 Å². The van der Waals surface area contributed by atoms with Gasteiger partial charge in [-0.15, -0.1) is 0 Å². The van der Waals surface area contributed by atoms with Crippen LogP contribution in [0.25, 0.3) is 11.0 Å². The molecule has 28 heavy (non-hydrogen) atoms. The molecule has 3 aromatic rings. The minimum absolute atomic E-state index is 0.157. The van der Waals surface area contributed by atoms with E-state index in [0.29, 0.717) is 13.1 Å². The van der Waals surface area contributed by atoms with Crippen LogP contribution in [0.3, 0.4) is 0 Å². The van der Waals surface area contributed by atoms with E-state index in [0.717, 1.165) is 66.6 Å². The Morgan fingerprint density at radius 3 is 2.86 bits per heavy atom. The zero-order valence-electron chi connectivity index (χ0n) is 15.8. The fraction of sp³-hybridized carbons (Fsp3) is 0.409. The molecule has 1 saturated heterocycles. The number of carbonyl (C=O) groups excluding carboxylic acids is 1. The predicted molar refractivity (Wildman–Crippen MR) is 108 cm³/mol. The number of para-hydroxylation sites is 2. The van der Waals surface area contributed by atoms with Gasteiger partial charge in [0, 0.05) is 24.7 Å². The fourth-order valence-corrected chi connectivity index (χ4v) is 4.55. The third kappa shape index (κ3) is 3.03. The van der Waals surface area contributed by atoms with Crippen LogP contribution in [-0.4, -0.2) is 38.8 Å². The molecule has 1 aliphatic heterocycles. The van der Waals surface area contributed by atoms with Gasteiger partial charge in [0.15, 0.2) is 0 Å². The summed E-state index contributed by atoms with van der Waals surface area (Å²) in [4.78, 5) is 38.5. The second-order valence-electron chi connectivity index (χ2n) is 7.95. The minimum Gasteiger partial charge on any atom is -0.342 e. The number of fused-ring (bicyclic) bond motifs is 2. The Balaban J connectivity index is 1.40. The van der Waals surface area contributed by atoms with Gasteiger partial charge in [-0.3, -0.25) is 9.59 Å². The number of amides is 1. The van der Waals surface area contributed by atoms with Gasteiger partial charge in [-0.2, -0.15) is 0 Å². The molecule has 1 amide bonds. The molecule has 1 atom stereocenters. The normalized spacial score (nSPS) is 19.6. The van der Waals surface area contributed by atoms with E-state index >= 15 is 0 Å². The molecule has 144 valence electrons. The molecule has 6 heteroatoms. The van der Waals surface area contributed by atoms with Crippen LogP contribution < -0.4 is 5.56 Å². The van der Waals surface area contributed by atoms with Crippen molar-refractivity contribution in [2.75, 3.05) is 13.1 Å². The van der Waals surface area contributed by atoms with Gasteiger partial charge in [0.05, 0.1) is 11.0 Å². The summed E-state index contributed by atoms with van der Waals surface area (Å²) in [7, 11) is 0. The molecule has 0 spiro atoms. The monoisotopic (exact) mass is 376 g/mol. The van der Waals surface area contributed by atoms with Gasteiger partial charge in [0.1, 0.15) is 11.4 Å². The summed E-state index contributed by atoms with van der Waals surface area (Å²) in [5.74, 6) is 0.940. The molecule has 2 aliphatic rings. The van der Waals surface area contributed by atoms with Crippen molar-refractivity contribution in [2.45, 2.75) is 44.4 Å². The molecule has 5 rings (SSSR count). The average molecular weight is 376 g/mol. The van der Waals surface area contributed by atoms with Gasteiger partial charge in [-0.25, -0.2) is 4.98 Å². The number of aromatic nitrogens is 3. The number of rotatable bonds is 2. The van der Waals surface area contributed by atoms with Crippen molar-refractivity contribution in [3.05, 3.63) is 63.3 Å². The fourth-order valence-electron chi connectivity index (χ4n) is 4.55. The molecule has 0 saturated carbocycles. The number of nitrogens with one attached hydrogen (secondary N) is 2. The highest BCUT2D eigenvalue weighted by molar-refractivity contribution is 5.94.